The molecule has 0 bridgehead atoms. The number of rotatable bonds is 9. The molecule has 3 heterocycles. The molecule has 212 valence electrons. The Morgan fingerprint density at radius 2 is 2.02 bits per heavy atom. The van der Waals surface area contributed by atoms with Gasteiger partial charge in [0, 0.05) is 13.3 Å². The van der Waals surface area contributed by atoms with Crippen molar-refractivity contribution in [1.29, 1.82) is 0 Å². The second-order valence-electron chi connectivity index (χ2n) is 8.86. The van der Waals surface area contributed by atoms with Crippen molar-refractivity contribution in [2.45, 2.75) is 24.9 Å². The summed E-state index contributed by atoms with van der Waals surface area (Å²) in [6.07, 6.45) is 1.30. The quantitative estimate of drug-likeness (QED) is 0.349. The van der Waals surface area contributed by atoms with Crippen LogP contribution < -0.4 is 16.0 Å². The van der Waals surface area contributed by atoms with Crippen LogP contribution in [0.2, 0.25) is 5.02 Å². The molecule has 4 rings (SSSR count). The lowest BCUT2D eigenvalue weighted by Gasteiger charge is -2.38. The zero-order valence-electron chi connectivity index (χ0n) is 21.1. The van der Waals surface area contributed by atoms with Crippen LogP contribution in [0.4, 0.5) is 23.8 Å². The van der Waals surface area contributed by atoms with E-state index in [9.17, 15) is 27.6 Å². The maximum absolute atomic E-state index is 14.3. The summed E-state index contributed by atoms with van der Waals surface area (Å²) in [7, 11) is 1.35. The average Bonchev–Trinajstić information content (AvgIpc) is 3.35. The highest BCUT2D eigenvalue weighted by Crippen LogP contribution is 2.29. The van der Waals surface area contributed by atoms with Crippen molar-refractivity contribution in [1.82, 2.24) is 30.8 Å². The Hall–Kier alpha value is -4.24. The summed E-state index contributed by atoms with van der Waals surface area (Å²) < 4.78 is 52.1. The van der Waals surface area contributed by atoms with E-state index in [2.05, 4.69) is 35.9 Å². The molecule has 0 unspecified atom stereocenters. The number of alkyl halides is 2. The van der Waals surface area contributed by atoms with E-state index in [-0.39, 0.29) is 34.4 Å². The fourth-order valence-electron chi connectivity index (χ4n) is 4.01. The lowest BCUT2D eigenvalue weighted by Crippen LogP contribution is -2.58. The highest BCUT2D eigenvalue weighted by atomic mass is 35.5. The molecule has 12 nitrogen and oxygen atoms in total. The van der Waals surface area contributed by atoms with Gasteiger partial charge < -0.3 is 25.6 Å². The number of aromatic nitrogens is 3. The Labute approximate surface area is 230 Å². The Morgan fingerprint density at radius 1 is 1.25 bits per heavy atom. The van der Waals surface area contributed by atoms with Crippen LogP contribution in [0.1, 0.15) is 39.4 Å². The lowest BCUT2D eigenvalue weighted by atomic mass is 10.0. The first-order valence-electron chi connectivity index (χ1n) is 11.7. The molecule has 2 aromatic heterocycles. The van der Waals surface area contributed by atoms with Gasteiger partial charge in [0.25, 0.3) is 17.7 Å². The molecule has 1 fully saturated rings. The molecule has 40 heavy (non-hydrogen) atoms. The number of methoxy groups -OCH3 is 1. The van der Waals surface area contributed by atoms with E-state index in [1.807, 2.05) is 0 Å². The van der Waals surface area contributed by atoms with Crippen molar-refractivity contribution in [3.63, 3.8) is 0 Å². The standard InChI is InChI=1S/C24H23ClF3N7O5/c1-12-19(34-40-33-12)21(36)32-20(14-3-4-15(25)16(26)7-14)22(37)31-18-8-13(5-6-29-18)17(9-39-2)35-11-24(27,28)10-30-23(35)38/h3-8,17,20H,9-11H2,1-2H3,(H,30,38)(H,32,36)(H,29,31,37)/t17-,20+/m1/s1. The number of anilines is 1. The molecule has 0 aliphatic carbocycles. The third-order valence-corrected chi connectivity index (χ3v) is 6.27. The van der Waals surface area contributed by atoms with E-state index in [1.165, 1.54) is 44.5 Å². The van der Waals surface area contributed by atoms with Crippen LogP contribution in [-0.2, 0) is 9.53 Å². The fourth-order valence-corrected chi connectivity index (χ4v) is 4.13. The number of hydrogen-bond acceptors (Lipinski definition) is 8. The van der Waals surface area contributed by atoms with E-state index >= 15 is 0 Å². The molecular weight excluding hydrogens is 559 g/mol. The number of benzene rings is 1. The average molecular weight is 582 g/mol. The second-order valence-corrected chi connectivity index (χ2v) is 9.26. The molecule has 1 aliphatic heterocycles. The van der Waals surface area contributed by atoms with Gasteiger partial charge in [-0.3, -0.25) is 9.59 Å². The number of ether oxygens (including phenoxy) is 1. The SMILES string of the molecule is COC[C@H](c1ccnc(NC(=O)[C@@H](NC(=O)c2nonc2C)c2ccc(Cl)c(F)c2)c1)N1CC(F)(F)CNC1=O. The maximum atomic E-state index is 14.3. The molecule has 0 radical (unpaired) electrons. The Kier molecular flexibility index (Phi) is 8.54. The molecule has 3 aromatic rings. The smallest absolute Gasteiger partial charge is 0.318 e. The van der Waals surface area contributed by atoms with Gasteiger partial charge in [-0.05, 0) is 47.5 Å². The molecule has 1 saturated heterocycles. The minimum absolute atomic E-state index is 0.0410. The van der Waals surface area contributed by atoms with Crippen LogP contribution in [-0.4, -0.2) is 70.8 Å². The van der Waals surface area contributed by atoms with Crippen LogP contribution in [0.3, 0.4) is 0 Å². The highest BCUT2D eigenvalue weighted by molar-refractivity contribution is 6.30. The first-order valence-corrected chi connectivity index (χ1v) is 12.1. The van der Waals surface area contributed by atoms with Crippen molar-refractivity contribution in [3.8, 4) is 0 Å². The molecule has 2 atom stereocenters. The van der Waals surface area contributed by atoms with E-state index < -0.39 is 54.8 Å². The van der Waals surface area contributed by atoms with Gasteiger partial charge in [-0.1, -0.05) is 22.8 Å². The Balaban J connectivity index is 1.61. The molecule has 16 heteroatoms. The summed E-state index contributed by atoms with van der Waals surface area (Å²) in [5.74, 6) is -5.70. The number of pyridine rings is 1. The van der Waals surface area contributed by atoms with Crippen molar-refractivity contribution >= 4 is 35.3 Å². The topological polar surface area (TPSA) is 152 Å². The minimum atomic E-state index is -3.17. The number of halogens is 4. The van der Waals surface area contributed by atoms with Crippen molar-refractivity contribution < 1.29 is 36.9 Å². The summed E-state index contributed by atoms with van der Waals surface area (Å²) >= 11 is 5.77. The zero-order valence-corrected chi connectivity index (χ0v) is 21.8. The number of amides is 4. The number of nitrogens with zero attached hydrogens (tertiary/aromatic N) is 4. The monoisotopic (exact) mass is 581 g/mol. The van der Waals surface area contributed by atoms with Crippen molar-refractivity contribution in [3.05, 3.63) is 69.9 Å². The highest BCUT2D eigenvalue weighted by Gasteiger charge is 2.42. The van der Waals surface area contributed by atoms with Gasteiger partial charge in [0.1, 0.15) is 23.4 Å². The van der Waals surface area contributed by atoms with Gasteiger partial charge in [0.2, 0.25) is 0 Å². The fraction of sp³-hybridized carbons (Fsp3) is 0.333. The molecule has 3 N–H and O–H groups in total. The minimum Gasteiger partial charge on any atom is -0.382 e. The first kappa shape index (κ1) is 28.8. The molecular formula is C24H23ClF3N7O5. The Morgan fingerprint density at radius 3 is 2.70 bits per heavy atom. The van der Waals surface area contributed by atoms with Crippen LogP contribution in [0, 0.1) is 12.7 Å². The van der Waals surface area contributed by atoms with E-state index in [4.69, 9.17) is 16.3 Å². The first-order chi connectivity index (χ1) is 19.0. The Bertz CT molecular complexity index is 1420. The summed E-state index contributed by atoms with van der Waals surface area (Å²) in [4.78, 5) is 43.6. The number of carbonyl (C=O) groups is 3. The summed E-state index contributed by atoms with van der Waals surface area (Å²) in [5, 5.41) is 14.0. The molecule has 0 spiro atoms. The normalized spacial score (nSPS) is 16.1. The number of aryl methyl sites for hydroxylation is 1. The predicted octanol–water partition coefficient (Wildman–Crippen LogP) is 3.02. The summed E-state index contributed by atoms with van der Waals surface area (Å²) in [6, 6.07) is 3.28. The van der Waals surface area contributed by atoms with Gasteiger partial charge in [0.05, 0.1) is 30.8 Å². The number of nitrogens with one attached hydrogen (secondary N) is 3. The van der Waals surface area contributed by atoms with Gasteiger partial charge >= 0.3 is 6.03 Å². The molecule has 1 aliphatic rings. The lowest BCUT2D eigenvalue weighted by molar-refractivity contribution is -0.118. The number of carbonyl (C=O) groups excluding carboxylic acids is 3. The molecule has 0 saturated carbocycles. The number of urea groups is 1. The predicted molar refractivity (Wildman–Crippen MR) is 133 cm³/mol. The van der Waals surface area contributed by atoms with Crippen molar-refractivity contribution in [2.75, 3.05) is 32.1 Å². The molecule has 1 aromatic carbocycles. The van der Waals surface area contributed by atoms with Gasteiger partial charge in [-0.15, -0.1) is 0 Å². The van der Waals surface area contributed by atoms with Crippen molar-refractivity contribution in [2.24, 2.45) is 0 Å². The summed E-state index contributed by atoms with van der Waals surface area (Å²) in [5.41, 5.74) is 0.348. The van der Waals surface area contributed by atoms with Crippen LogP contribution in [0.5, 0.6) is 0 Å². The van der Waals surface area contributed by atoms with Gasteiger partial charge in [-0.25, -0.2) is 27.6 Å². The third-order valence-electron chi connectivity index (χ3n) is 5.96. The zero-order chi connectivity index (χ0) is 29.0. The van der Waals surface area contributed by atoms with E-state index in [1.54, 1.807) is 0 Å². The van der Waals surface area contributed by atoms with Crippen LogP contribution in [0.15, 0.2) is 41.2 Å². The van der Waals surface area contributed by atoms with Gasteiger partial charge in [0.15, 0.2) is 5.69 Å². The second kappa shape index (κ2) is 11.9. The van der Waals surface area contributed by atoms with Gasteiger partial charge in [-0.2, -0.15) is 0 Å². The molecule has 4 amide bonds. The summed E-state index contributed by atoms with van der Waals surface area (Å²) in [6.45, 7) is -0.299. The van der Waals surface area contributed by atoms with E-state index in [0.717, 1.165) is 11.0 Å². The van der Waals surface area contributed by atoms with Crippen LogP contribution in [0.25, 0.3) is 0 Å². The third kappa shape index (κ3) is 6.48. The number of hydrogen-bond donors (Lipinski definition) is 3. The largest absolute Gasteiger partial charge is 0.382 e. The maximum Gasteiger partial charge on any atom is 0.318 e. The van der Waals surface area contributed by atoms with E-state index in [0.29, 0.717) is 5.56 Å². The van der Waals surface area contributed by atoms with Crippen LogP contribution >= 0.6 is 11.6 Å².